The van der Waals surface area contributed by atoms with Crippen LogP contribution in [0.25, 0.3) is 10.9 Å². The lowest BCUT2D eigenvalue weighted by Gasteiger charge is -2.22. The molecular formula is C17H20N2O2. The van der Waals surface area contributed by atoms with E-state index in [0.717, 1.165) is 36.8 Å². The third-order valence-electron chi connectivity index (χ3n) is 3.98. The second-order valence-electron chi connectivity index (χ2n) is 5.41. The van der Waals surface area contributed by atoms with Gasteiger partial charge in [-0.2, -0.15) is 0 Å². The van der Waals surface area contributed by atoms with Gasteiger partial charge in [0.15, 0.2) is 0 Å². The predicted octanol–water partition coefficient (Wildman–Crippen LogP) is 2.76. The Morgan fingerprint density at radius 2 is 2.33 bits per heavy atom. The second-order valence-corrected chi connectivity index (χ2v) is 5.41. The van der Waals surface area contributed by atoms with Crippen LogP contribution in [0.5, 0.6) is 0 Å². The van der Waals surface area contributed by atoms with Crippen LogP contribution in [0.1, 0.15) is 25.3 Å². The summed E-state index contributed by atoms with van der Waals surface area (Å²) in [5.41, 5.74) is 2.22. The molecule has 0 spiro atoms. The average molecular weight is 284 g/mol. The molecule has 1 aromatic heterocycles. The largest absolute Gasteiger partial charge is 0.465 e. The van der Waals surface area contributed by atoms with Gasteiger partial charge in [-0.25, -0.2) is 0 Å². The molecule has 2 aromatic rings. The number of benzene rings is 1. The minimum Gasteiger partial charge on any atom is -0.465 e. The molecule has 4 nitrogen and oxygen atoms in total. The highest BCUT2D eigenvalue weighted by Gasteiger charge is 2.31. The van der Waals surface area contributed by atoms with Crippen LogP contribution in [0.3, 0.4) is 0 Å². The molecule has 21 heavy (non-hydrogen) atoms. The van der Waals surface area contributed by atoms with Crippen molar-refractivity contribution in [3.63, 3.8) is 0 Å². The van der Waals surface area contributed by atoms with Gasteiger partial charge in [-0.3, -0.25) is 14.7 Å². The molecule has 0 amide bonds. The number of ether oxygens (including phenoxy) is 1. The molecule has 1 atom stereocenters. The SMILES string of the molecule is CCOC(=O)C1CCCN1Cc1ccc2ncccc2c1. The Bertz CT molecular complexity index is 641. The van der Waals surface area contributed by atoms with Gasteiger partial charge in [-0.05, 0) is 50.1 Å². The first-order valence-electron chi connectivity index (χ1n) is 7.52. The number of hydrogen-bond acceptors (Lipinski definition) is 4. The Morgan fingerprint density at radius 3 is 3.19 bits per heavy atom. The smallest absolute Gasteiger partial charge is 0.323 e. The van der Waals surface area contributed by atoms with E-state index in [1.165, 1.54) is 5.56 Å². The van der Waals surface area contributed by atoms with E-state index < -0.39 is 0 Å². The molecule has 1 fully saturated rings. The quantitative estimate of drug-likeness (QED) is 0.810. The lowest BCUT2D eigenvalue weighted by Crippen LogP contribution is -2.36. The van der Waals surface area contributed by atoms with Crippen LogP contribution in [-0.4, -0.2) is 35.0 Å². The molecule has 1 aromatic carbocycles. The van der Waals surface area contributed by atoms with Crippen molar-refractivity contribution in [1.29, 1.82) is 0 Å². The molecule has 1 saturated heterocycles. The zero-order valence-electron chi connectivity index (χ0n) is 12.3. The van der Waals surface area contributed by atoms with E-state index >= 15 is 0 Å². The molecule has 0 radical (unpaired) electrons. The summed E-state index contributed by atoms with van der Waals surface area (Å²) in [6.07, 6.45) is 3.76. The highest BCUT2D eigenvalue weighted by molar-refractivity contribution is 5.79. The first-order chi connectivity index (χ1) is 10.3. The van der Waals surface area contributed by atoms with E-state index in [1.54, 1.807) is 6.20 Å². The zero-order chi connectivity index (χ0) is 14.7. The van der Waals surface area contributed by atoms with Gasteiger partial charge in [-0.15, -0.1) is 0 Å². The number of esters is 1. The Hall–Kier alpha value is -1.94. The van der Waals surface area contributed by atoms with E-state index in [1.807, 2.05) is 19.1 Å². The summed E-state index contributed by atoms with van der Waals surface area (Å²) in [6, 6.07) is 10.2. The van der Waals surface area contributed by atoms with Crippen molar-refractivity contribution >= 4 is 16.9 Å². The Balaban J connectivity index is 1.76. The van der Waals surface area contributed by atoms with Crippen molar-refractivity contribution in [1.82, 2.24) is 9.88 Å². The lowest BCUT2D eigenvalue weighted by molar-refractivity contribution is -0.148. The lowest BCUT2D eigenvalue weighted by atomic mass is 10.1. The third kappa shape index (κ3) is 3.05. The fraction of sp³-hybridized carbons (Fsp3) is 0.412. The number of fused-ring (bicyclic) bond motifs is 1. The second kappa shape index (κ2) is 6.22. The van der Waals surface area contributed by atoms with Gasteiger partial charge in [0.1, 0.15) is 6.04 Å². The van der Waals surface area contributed by atoms with Gasteiger partial charge < -0.3 is 4.74 Å². The highest BCUT2D eigenvalue weighted by Crippen LogP contribution is 2.22. The molecule has 2 heterocycles. The monoisotopic (exact) mass is 284 g/mol. The van der Waals surface area contributed by atoms with Gasteiger partial charge >= 0.3 is 5.97 Å². The molecule has 110 valence electrons. The number of hydrogen-bond donors (Lipinski definition) is 0. The maximum atomic E-state index is 12.0. The third-order valence-corrected chi connectivity index (χ3v) is 3.98. The molecule has 0 bridgehead atoms. The zero-order valence-corrected chi connectivity index (χ0v) is 12.3. The number of nitrogens with zero attached hydrogens (tertiary/aromatic N) is 2. The number of likely N-dealkylation sites (tertiary alicyclic amines) is 1. The topological polar surface area (TPSA) is 42.4 Å². The van der Waals surface area contributed by atoms with Gasteiger partial charge in [0.25, 0.3) is 0 Å². The standard InChI is InChI=1S/C17H20N2O2/c1-2-21-17(20)16-6-4-10-19(16)12-13-7-8-15-14(11-13)5-3-9-18-15/h3,5,7-9,11,16H,2,4,6,10,12H2,1H3. The maximum absolute atomic E-state index is 12.0. The normalized spacial score (nSPS) is 19.0. The summed E-state index contributed by atoms with van der Waals surface area (Å²) in [4.78, 5) is 18.5. The van der Waals surface area contributed by atoms with E-state index in [-0.39, 0.29) is 12.0 Å². The minimum absolute atomic E-state index is 0.0857. The van der Waals surface area contributed by atoms with E-state index in [9.17, 15) is 4.79 Å². The van der Waals surface area contributed by atoms with Crippen LogP contribution >= 0.6 is 0 Å². The van der Waals surface area contributed by atoms with Gasteiger partial charge in [0.2, 0.25) is 0 Å². The molecule has 0 aliphatic carbocycles. The summed E-state index contributed by atoms with van der Waals surface area (Å²) < 4.78 is 5.17. The molecule has 0 N–H and O–H groups in total. The van der Waals surface area contributed by atoms with Gasteiger partial charge in [0.05, 0.1) is 12.1 Å². The number of pyridine rings is 1. The summed E-state index contributed by atoms with van der Waals surface area (Å²) in [5.74, 6) is -0.0857. The maximum Gasteiger partial charge on any atom is 0.323 e. The highest BCUT2D eigenvalue weighted by atomic mass is 16.5. The van der Waals surface area contributed by atoms with Crippen LogP contribution in [0, 0.1) is 0 Å². The molecular weight excluding hydrogens is 264 g/mol. The summed E-state index contributed by atoms with van der Waals surface area (Å²) in [6.45, 7) is 4.04. The first-order valence-corrected chi connectivity index (χ1v) is 7.52. The van der Waals surface area contributed by atoms with Crippen molar-refractivity contribution in [3.05, 3.63) is 42.1 Å². The van der Waals surface area contributed by atoms with Crippen molar-refractivity contribution in [2.45, 2.75) is 32.4 Å². The van der Waals surface area contributed by atoms with Crippen LogP contribution in [0.2, 0.25) is 0 Å². The first kappa shape index (κ1) is 14.0. The van der Waals surface area contributed by atoms with Crippen molar-refractivity contribution in [2.24, 2.45) is 0 Å². The molecule has 1 aliphatic heterocycles. The molecule has 0 saturated carbocycles. The van der Waals surface area contributed by atoms with Crippen molar-refractivity contribution in [2.75, 3.05) is 13.2 Å². The Kier molecular flexibility index (Phi) is 4.15. The Morgan fingerprint density at radius 1 is 1.43 bits per heavy atom. The van der Waals surface area contributed by atoms with Gasteiger partial charge in [0, 0.05) is 18.1 Å². The van der Waals surface area contributed by atoms with Crippen LogP contribution in [0.15, 0.2) is 36.5 Å². The van der Waals surface area contributed by atoms with Crippen molar-refractivity contribution in [3.8, 4) is 0 Å². The van der Waals surface area contributed by atoms with Crippen LogP contribution < -0.4 is 0 Å². The van der Waals surface area contributed by atoms with E-state index in [4.69, 9.17) is 4.74 Å². The molecule has 3 rings (SSSR count). The minimum atomic E-state index is -0.0884. The van der Waals surface area contributed by atoms with Crippen LogP contribution in [0.4, 0.5) is 0 Å². The van der Waals surface area contributed by atoms with E-state index in [0.29, 0.717) is 6.61 Å². The van der Waals surface area contributed by atoms with Crippen molar-refractivity contribution < 1.29 is 9.53 Å². The van der Waals surface area contributed by atoms with Crippen LogP contribution in [-0.2, 0) is 16.1 Å². The molecule has 1 unspecified atom stereocenters. The van der Waals surface area contributed by atoms with E-state index in [2.05, 4.69) is 28.1 Å². The Labute approximate surface area is 124 Å². The van der Waals surface area contributed by atoms with Gasteiger partial charge in [-0.1, -0.05) is 12.1 Å². The fourth-order valence-electron chi connectivity index (χ4n) is 2.98. The molecule has 1 aliphatic rings. The number of rotatable bonds is 4. The predicted molar refractivity (Wildman–Crippen MR) is 81.8 cm³/mol. The number of carbonyl (C=O) groups is 1. The molecule has 4 heteroatoms. The number of aromatic nitrogens is 1. The average Bonchev–Trinajstić information content (AvgIpc) is 2.95. The summed E-state index contributed by atoms with van der Waals surface area (Å²) >= 11 is 0. The fourth-order valence-corrected chi connectivity index (χ4v) is 2.98. The number of carbonyl (C=O) groups excluding carboxylic acids is 1. The summed E-state index contributed by atoms with van der Waals surface area (Å²) in [7, 11) is 0. The summed E-state index contributed by atoms with van der Waals surface area (Å²) in [5, 5.41) is 1.14.